The first-order chi connectivity index (χ1) is 7.24. The predicted molar refractivity (Wildman–Crippen MR) is 57.0 cm³/mol. The summed E-state index contributed by atoms with van der Waals surface area (Å²) in [5, 5.41) is 0. The summed E-state index contributed by atoms with van der Waals surface area (Å²) in [7, 11) is 0. The molecule has 1 aromatic rings. The van der Waals surface area contributed by atoms with Crippen LogP contribution in [0.15, 0.2) is 6.07 Å². The summed E-state index contributed by atoms with van der Waals surface area (Å²) in [5.74, 6) is 1.93. The maximum atomic E-state index is 5.46. The highest BCUT2D eigenvalue weighted by Crippen LogP contribution is 2.34. The lowest BCUT2D eigenvalue weighted by molar-refractivity contribution is 0.00965. The van der Waals surface area contributed by atoms with Crippen LogP contribution in [0.1, 0.15) is 17.9 Å². The molecule has 0 amide bonds. The molecule has 0 aromatic carbocycles. The molecule has 3 heterocycles. The number of aromatic nitrogens is 2. The van der Waals surface area contributed by atoms with Gasteiger partial charge in [0.25, 0.3) is 0 Å². The van der Waals surface area contributed by atoms with Crippen LogP contribution < -0.4 is 4.90 Å². The summed E-state index contributed by atoms with van der Waals surface area (Å²) < 4.78 is 5.46. The Labute approximate surface area is 89.3 Å². The van der Waals surface area contributed by atoms with E-state index in [2.05, 4.69) is 20.9 Å². The van der Waals surface area contributed by atoms with E-state index < -0.39 is 0 Å². The smallest absolute Gasteiger partial charge is 0.133 e. The van der Waals surface area contributed by atoms with E-state index >= 15 is 0 Å². The summed E-state index contributed by atoms with van der Waals surface area (Å²) in [6.45, 7) is 5.66. The molecule has 0 aliphatic carbocycles. The largest absolute Gasteiger partial charge is 0.377 e. The Morgan fingerprint density at radius 1 is 1.27 bits per heavy atom. The lowest BCUT2D eigenvalue weighted by Crippen LogP contribution is -2.64. The Morgan fingerprint density at radius 2 is 2.00 bits per heavy atom. The van der Waals surface area contributed by atoms with Gasteiger partial charge in [-0.25, -0.2) is 9.97 Å². The van der Waals surface area contributed by atoms with Gasteiger partial charge in [0.05, 0.1) is 25.3 Å². The van der Waals surface area contributed by atoms with Gasteiger partial charge in [-0.05, 0) is 20.3 Å². The van der Waals surface area contributed by atoms with Crippen LogP contribution in [-0.2, 0) is 4.74 Å². The third kappa shape index (κ3) is 1.40. The van der Waals surface area contributed by atoms with Crippen molar-refractivity contribution in [3.05, 3.63) is 17.6 Å². The average Bonchev–Trinajstić information content (AvgIpc) is 2.16. The molecule has 15 heavy (non-hydrogen) atoms. The van der Waals surface area contributed by atoms with Gasteiger partial charge < -0.3 is 9.64 Å². The van der Waals surface area contributed by atoms with E-state index in [-0.39, 0.29) is 0 Å². The van der Waals surface area contributed by atoms with Crippen molar-refractivity contribution >= 4 is 5.82 Å². The van der Waals surface area contributed by atoms with Gasteiger partial charge in [0.2, 0.25) is 0 Å². The summed E-state index contributed by atoms with van der Waals surface area (Å²) in [5.41, 5.74) is 1.04. The van der Waals surface area contributed by atoms with E-state index in [1.165, 1.54) is 6.42 Å². The molecule has 2 unspecified atom stereocenters. The van der Waals surface area contributed by atoms with Crippen molar-refractivity contribution in [3.8, 4) is 0 Å². The van der Waals surface area contributed by atoms with Crippen LogP contribution in [0.3, 0.4) is 0 Å². The van der Waals surface area contributed by atoms with Crippen LogP contribution in [0.25, 0.3) is 0 Å². The second-order valence-electron chi connectivity index (χ2n) is 4.40. The number of rotatable bonds is 1. The number of anilines is 1. The zero-order chi connectivity index (χ0) is 10.4. The van der Waals surface area contributed by atoms with Crippen molar-refractivity contribution in [2.45, 2.75) is 32.4 Å². The van der Waals surface area contributed by atoms with Gasteiger partial charge in [-0.3, -0.25) is 0 Å². The molecule has 3 rings (SSSR count). The van der Waals surface area contributed by atoms with Crippen LogP contribution in [-0.4, -0.2) is 35.3 Å². The number of ether oxygens (including phenoxy) is 1. The molecule has 2 saturated heterocycles. The number of aryl methyl sites for hydroxylation is 2. The van der Waals surface area contributed by atoms with E-state index in [1.54, 1.807) is 0 Å². The standard InChI is InChI=1S/C11H15N3O/c1-7-3-11(13-8(2)12-7)14-9-4-10(14)6-15-5-9/h3,9-10H,4-6H2,1-2H3. The second kappa shape index (κ2) is 3.17. The molecule has 80 valence electrons. The van der Waals surface area contributed by atoms with Crippen molar-refractivity contribution in [1.29, 1.82) is 0 Å². The first-order valence-electron chi connectivity index (χ1n) is 5.42. The van der Waals surface area contributed by atoms with Crippen LogP contribution in [0.5, 0.6) is 0 Å². The van der Waals surface area contributed by atoms with E-state index in [4.69, 9.17) is 4.74 Å². The third-order valence-electron chi connectivity index (χ3n) is 3.17. The molecule has 0 spiro atoms. The molecule has 0 radical (unpaired) electrons. The molecule has 2 bridgehead atoms. The average molecular weight is 205 g/mol. The lowest BCUT2D eigenvalue weighted by Gasteiger charge is -2.53. The van der Waals surface area contributed by atoms with Crippen LogP contribution in [0, 0.1) is 13.8 Å². The predicted octanol–water partition coefficient (Wildman–Crippen LogP) is 1.07. The van der Waals surface area contributed by atoms with Gasteiger partial charge in [-0.15, -0.1) is 0 Å². The summed E-state index contributed by atoms with van der Waals surface area (Å²) in [4.78, 5) is 11.2. The summed E-state index contributed by atoms with van der Waals surface area (Å²) in [6.07, 6.45) is 1.25. The Kier molecular flexibility index (Phi) is 1.92. The molecule has 1 aromatic heterocycles. The van der Waals surface area contributed by atoms with E-state index in [1.807, 2.05) is 13.8 Å². The van der Waals surface area contributed by atoms with E-state index in [0.29, 0.717) is 12.1 Å². The minimum Gasteiger partial charge on any atom is -0.377 e. The maximum Gasteiger partial charge on any atom is 0.133 e. The quantitative estimate of drug-likeness (QED) is 0.687. The van der Waals surface area contributed by atoms with Crippen molar-refractivity contribution in [2.75, 3.05) is 18.1 Å². The van der Waals surface area contributed by atoms with Gasteiger partial charge in [-0.1, -0.05) is 0 Å². The zero-order valence-electron chi connectivity index (χ0n) is 9.10. The van der Waals surface area contributed by atoms with Crippen molar-refractivity contribution in [1.82, 2.24) is 9.97 Å². The second-order valence-corrected chi connectivity index (χ2v) is 4.40. The van der Waals surface area contributed by atoms with Crippen LogP contribution in [0.4, 0.5) is 5.82 Å². The number of nitrogens with zero attached hydrogens (tertiary/aromatic N) is 3. The molecule has 2 atom stereocenters. The molecule has 4 heteroatoms. The first-order valence-corrected chi connectivity index (χ1v) is 5.42. The molecule has 0 saturated carbocycles. The Morgan fingerprint density at radius 3 is 2.60 bits per heavy atom. The molecule has 0 N–H and O–H groups in total. The highest BCUT2D eigenvalue weighted by atomic mass is 16.5. The fraction of sp³-hybridized carbons (Fsp3) is 0.636. The Bertz CT molecular complexity index is 359. The molecular formula is C11H15N3O. The molecule has 2 fully saturated rings. The van der Waals surface area contributed by atoms with Gasteiger partial charge in [0.1, 0.15) is 11.6 Å². The SMILES string of the molecule is Cc1cc(N2C3COCC2C3)nc(C)n1. The highest BCUT2D eigenvalue weighted by Gasteiger charge is 2.43. The Balaban J connectivity index is 1.92. The fourth-order valence-corrected chi connectivity index (χ4v) is 2.54. The fourth-order valence-electron chi connectivity index (χ4n) is 2.54. The Hall–Kier alpha value is -1.16. The maximum absolute atomic E-state index is 5.46. The third-order valence-corrected chi connectivity index (χ3v) is 3.17. The molecular weight excluding hydrogens is 190 g/mol. The number of morpholine rings is 1. The molecule has 2 aliphatic heterocycles. The first kappa shape index (κ1) is 9.09. The molecule has 4 nitrogen and oxygen atoms in total. The van der Waals surface area contributed by atoms with Crippen LogP contribution in [0.2, 0.25) is 0 Å². The minimum absolute atomic E-state index is 0.539. The van der Waals surface area contributed by atoms with Crippen molar-refractivity contribution in [2.24, 2.45) is 0 Å². The van der Waals surface area contributed by atoms with E-state index in [0.717, 1.165) is 30.5 Å². The van der Waals surface area contributed by atoms with E-state index in [9.17, 15) is 0 Å². The molecule has 2 aliphatic rings. The monoisotopic (exact) mass is 205 g/mol. The number of hydrogen-bond donors (Lipinski definition) is 0. The summed E-state index contributed by atoms with van der Waals surface area (Å²) >= 11 is 0. The number of hydrogen-bond acceptors (Lipinski definition) is 4. The zero-order valence-corrected chi connectivity index (χ0v) is 9.10. The minimum atomic E-state index is 0.539. The lowest BCUT2D eigenvalue weighted by atomic mass is 9.91. The highest BCUT2D eigenvalue weighted by molar-refractivity contribution is 5.46. The van der Waals surface area contributed by atoms with Gasteiger partial charge >= 0.3 is 0 Å². The normalized spacial score (nSPS) is 28.8. The topological polar surface area (TPSA) is 38.2 Å². The summed E-state index contributed by atoms with van der Waals surface area (Å²) in [6, 6.07) is 3.15. The van der Waals surface area contributed by atoms with Gasteiger partial charge in [0.15, 0.2) is 0 Å². The van der Waals surface area contributed by atoms with Crippen molar-refractivity contribution in [3.63, 3.8) is 0 Å². The van der Waals surface area contributed by atoms with Gasteiger partial charge in [-0.2, -0.15) is 0 Å². The van der Waals surface area contributed by atoms with Gasteiger partial charge in [0, 0.05) is 11.8 Å². The van der Waals surface area contributed by atoms with Crippen LogP contribution >= 0.6 is 0 Å². The van der Waals surface area contributed by atoms with Crippen molar-refractivity contribution < 1.29 is 4.74 Å². The number of fused-ring (bicyclic) bond motifs is 2.